The SMILES string of the molecule is O=C1C=CC(=O)C(c2c(I)c(I)c(C3=CC(=O)C=CC3=O)c(I)c2I)=C1. The molecule has 0 unspecified atom stereocenters. The third kappa shape index (κ3) is 3.70. The van der Waals surface area contributed by atoms with E-state index in [4.69, 9.17) is 0 Å². The lowest BCUT2D eigenvalue weighted by atomic mass is 9.92. The Morgan fingerprint density at radius 2 is 0.808 bits per heavy atom. The van der Waals surface area contributed by atoms with Gasteiger partial charge in [0.15, 0.2) is 23.1 Å². The number of carbonyl (C=O) groups is 4. The largest absolute Gasteiger partial charge is 0.290 e. The molecule has 8 heteroatoms. The molecule has 0 N–H and O–H groups in total. The van der Waals surface area contributed by atoms with Crippen LogP contribution in [0, 0.1) is 14.3 Å². The molecule has 130 valence electrons. The third-order valence-electron chi connectivity index (χ3n) is 3.70. The molecule has 2 aliphatic rings. The molecule has 0 bridgehead atoms. The van der Waals surface area contributed by atoms with Crippen molar-refractivity contribution in [3.05, 3.63) is 61.9 Å². The zero-order valence-corrected chi connectivity index (χ0v) is 21.2. The van der Waals surface area contributed by atoms with Crippen molar-refractivity contribution >= 4 is 125 Å². The summed E-state index contributed by atoms with van der Waals surface area (Å²) in [6.45, 7) is 0. The standard InChI is InChI=1S/C18H6I4O4/c19-15-13(9-5-7(23)1-3-11(9)25)16(20)18(22)14(17(15)21)10-6-8(24)2-4-12(10)26/h1-6H. The number of hydrogen-bond donors (Lipinski definition) is 0. The Morgan fingerprint density at radius 3 is 1.12 bits per heavy atom. The predicted molar refractivity (Wildman–Crippen MR) is 132 cm³/mol. The van der Waals surface area contributed by atoms with E-state index in [1.807, 2.05) is 0 Å². The number of benzene rings is 1. The van der Waals surface area contributed by atoms with E-state index in [1.165, 1.54) is 36.5 Å². The topological polar surface area (TPSA) is 68.3 Å². The summed E-state index contributed by atoms with van der Waals surface area (Å²) in [7, 11) is 0. The monoisotopic (exact) mass is 794 g/mol. The van der Waals surface area contributed by atoms with Gasteiger partial charge < -0.3 is 0 Å². The Bertz CT molecular complexity index is 930. The van der Waals surface area contributed by atoms with Crippen LogP contribution in [0.15, 0.2) is 36.5 Å². The van der Waals surface area contributed by atoms with Gasteiger partial charge in [-0.1, -0.05) is 0 Å². The van der Waals surface area contributed by atoms with Crippen LogP contribution in [-0.2, 0) is 19.2 Å². The summed E-state index contributed by atoms with van der Waals surface area (Å²) in [5.41, 5.74) is 2.04. The molecule has 0 saturated heterocycles. The van der Waals surface area contributed by atoms with E-state index in [2.05, 4.69) is 90.4 Å². The Morgan fingerprint density at radius 1 is 0.500 bits per heavy atom. The van der Waals surface area contributed by atoms with Crippen molar-refractivity contribution in [2.24, 2.45) is 0 Å². The fraction of sp³-hybridized carbons (Fsp3) is 0. The Labute approximate surface area is 203 Å². The molecule has 0 aromatic heterocycles. The molecular weight excluding hydrogens is 788 g/mol. The van der Waals surface area contributed by atoms with Gasteiger partial charge >= 0.3 is 0 Å². The van der Waals surface area contributed by atoms with E-state index in [0.717, 1.165) is 14.3 Å². The van der Waals surface area contributed by atoms with Crippen LogP contribution in [0.2, 0.25) is 0 Å². The lowest BCUT2D eigenvalue weighted by Gasteiger charge is -2.20. The zero-order valence-electron chi connectivity index (χ0n) is 12.6. The molecule has 26 heavy (non-hydrogen) atoms. The summed E-state index contributed by atoms with van der Waals surface area (Å²) < 4.78 is 3.06. The van der Waals surface area contributed by atoms with Gasteiger partial charge in [0.25, 0.3) is 0 Å². The predicted octanol–water partition coefficient (Wildman–Crippen LogP) is 4.29. The Balaban J connectivity index is 2.28. The molecule has 2 aliphatic carbocycles. The molecule has 1 aromatic carbocycles. The lowest BCUT2D eigenvalue weighted by Crippen LogP contribution is -2.15. The Hall–Kier alpha value is -0.220. The molecule has 0 heterocycles. The van der Waals surface area contributed by atoms with Gasteiger partial charge in [0.1, 0.15) is 0 Å². The fourth-order valence-electron chi connectivity index (χ4n) is 2.51. The average molecular weight is 794 g/mol. The van der Waals surface area contributed by atoms with Crippen LogP contribution in [0.1, 0.15) is 11.1 Å². The second-order valence-corrected chi connectivity index (χ2v) is 9.64. The maximum absolute atomic E-state index is 12.3. The summed E-state index contributed by atoms with van der Waals surface area (Å²) in [4.78, 5) is 48.1. The van der Waals surface area contributed by atoms with Crippen molar-refractivity contribution in [3.8, 4) is 0 Å². The van der Waals surface area contributed by atoms with E-state index in [-0.39, 0.29) is 23.1 Å². The first kappa shape index (κ1) is 20.5. The first-order valence-corrected chi connectivity index (χ1v) is 11.4. The van der Waals surface area contributed by atoms with Crippen LogP contribution in [0.3, 0.4) is 0 Å². The van der Waals surface area contributed by atoms with E-state index in [0.29, 0.717) is 22.3 Å². The molecule has 4 nitrogen and oxygen atoms in total. The highest BCUT2D eigenvalue weighted by Gasteiger charge is 2.29. The summed E-state index contributed by atoms with van der Waals surface area (Å²) in [6.07, 6.45) is 7.72. The van der Waals surface area contributed by atoms with Crippen LogP contribution < -0.4 is 0 Å². The van der Waals surface area contributed by atoms with Crippen LogP contribution in [0.25, 0.3) is 11.1 Å². The number of carbonyl (C=O) groups excluding carboxylic acids is 4. The molecular formula is C18H6I4O4. The number of rotatable bonds is 2. The normalized spacial score (nSPS) is 16.9. The van der Waals surface area contributed by atoms with E-state index < -0.39 is 0 Å². The van der Waals surface area contributed by atoms with Crippen molar-refractivity contribution in [1.82, 2.24) is 0 Å². The quantitative estimate of drug-likeness (QED) is 0.255. The van der Waals surface area contributed by atoms with E-state index >= 15 is 0 Å². The maximum atomic E-state index is 12.3. The van der Waals surface area contributed by atoms with E-state index in [9.17, 15) is 19.2 Å². The van der Waals surface area contributed by atoms with Crippen LogP contribution in [0.4, 0.5) is 0 Å². The summed E-state index contributed by atoms with van der Waals surface area (Å²) in [5.74, 6) is -0.931. The minimum absolute atomic E-state index is 0.231. The maximum Gasteiger partial charge on any atom is 0.186 e. The first-order chi connectivity index (χ1) is 12.2. The molecule has 1 aromatic rings. The minimum Gasteiger partial charge on any atom is -0.290 e. The second kappa shape index (κ2) is 8.03. The number of halogens is 4. The van der Waals surface area contributed by atoms with Gasteiger partial charge in [0.05, 0.1) is 0 Å². The van der Waals surface area contributed by atoms with Crippen molar-refractivity contribution < 1.29 is 19.2 Å². The van der Waals surface area contributed by atoms with Gasteiger partial charge in [-0.2, -0.15) is 0 Å². The summed E-state index contributed by atoms with van der Waals surface area (Å²) in [6, 6.07) is 0. The number of hydrogen-bond acceptors (Lipinski definition) is 4. The smallest absolute Gasteiger partial charge is 0.186 e. The highest BCUT2D eigenvalue weighted by atomic mass is 127. The van der Waals surface area contributed by atoms with Gasteiger partial charge in [0, 0.05) is 36.6 Å². The molecule has 0 spiro atoms. The molecule has 0 fully saturated rings. The summed E-state index contributed by atoms with van der Waals surface area (Å²) in [5, 5.41) is 0. The molecule has 0 amide bonds. The number of allylic oxidation sites excluding steroid dienone is 8. The van der Waals surface area contributed by atoms with Crippen LogP contribution >= 0.6 is 90.4 Å². The van der Waals surface area contributed by atoms with Gasteiger partial charge in [-0.05, 0) is 127 Å². The zero-order chi connectivity index (χ0) is 19.2. The van der Waals surface area contributed by atoms with Gasteiger partial charge in [-0.3, -0.25) is 19.2 Å². The highest BCUT2D eigenvalue weighted by Crippen LogP contribution is 2.40. The third-order valence-corrected chi connectivity index (χ3v) is 10.1. The Kier molecular flexibility index (Phi) is 6.33. The minimum atomic E-state index is -0.235. The molecule has 3 rings (SSSR count). The van der Waals surface area contributed by atoms with Gasteiger partial charge in [-0.15, -0.1) is 0 Å². The van der Waals surface area contributed by atoms with Gasteiger partial charge in [-0.25, -0.2) is 0 Å². The van der Waals surface area contributed by atoms with Gasteiger partial charge in [0.2, 0.25) is 0 Å². The van der Waals surface area contributed by atoms with Crippen molar-refractivity contribution in [2.45, 2.75) is 0 Å². The lowest BCUT2D eigenvalue weighted by molar-refractivity contribution is -0.113. The highest BCUT2D eigenvalue weighted by molar-refractivity contribution is 14.1. The second-order valence-electron chi connectivity index (χ2n) is 5.32. The van der Waals surface area contributed by atoms with Crippen LogP contribution in [-0.4, -0.2) is 23.1 Å². The van der Waals surface area contributed by atoms with Crippen LogP contribution in [0.5, 0.6) is 0 Å². The first-order valence-electron chi connectivity index (χ1n) is 7.05. The van der Waals surface area contributed by atoms with E-state index in [1.54, 1.807) is 0 Å². The average Bonchev–Trinajstić information content (AvgIpc) is 2.59. The molecule has 0 aliphatic heterocycles. The van der Waals surface area contributed by atoms with Crippen molar-refractivity contribution in [2.75, 3.05) is 0 Å². The number of ketones is 4. The van der Waals surface area contributed by atoms with Crippen molar-refractivity contribution in [3.63, 3.8) is 0 Å². The summed E-state index contributed by atoms with van der Waals surface area (Å²) >= 11 is 8.46. The van der Waals surface area contributed by atoms with Crippen molar-refractivity contribution in [1.29, 1.82) is 0 Å². The molecule has 0 saturated carbocycles. The fourth-order valence-corrected chi connectivity index (χ4v) is 6.87. The molecule has 0 atom stereocenters. The molecule has 0 radical (unpaired) electrons.